The van der Waals surface area contributed by atoms with Crippen LogP contribution in [0.25, 0.3) is 0 Å². The topological polar surface area (TPSA) is 55.8 Å². The maximum absolute atomic E-state index is 10.2. The molecule has 4 nitrogen and oxygen atoms in total. The molecule has 2 aliphatic rings. The highest BCUT2D eigenvalue weighted by atomic mass is 16.5. The van der Waals surface area contributed by atoms with Gasteiger partial charge in [0.05, 0.1) is 11.8 Å². The standard InChI is InChI=1S/C6H6O3.C5H10O/c7-6(8)5-1-3-9-4-2-5;1-2-4-6-5-3-1/h1-3H,4H2,(H,7,8);1-5H2. The average molecular weight is 212 g/mol. The fourth-order valence-electron chi connectivity index (χ4n) is 1.23. The van der Waals surface area contributed by atoms with E-state index in [4.69, 9.17) is 14.6 Å². The number of carboxylic acids is 1. The highest BCUT2D eigenvalue weighted by Gasteiger charge is 2.04. The zero-order valence-electron chi connectivity index (χ0n) is 8.65. The molecule has 0 spiro atoms. The maximum atomic E-state index is 10.2. The molecule has 0 saturated carbocycles. The molecule has 1 saturated heterocycles. The number of carboxylic acid groups (broad SMARTS) is 1. The van der Waals surface area contributed by atoms with Crippen LogP contribution in [-0.2, 0) is 14.3 Å². The highest BCUT2D eigenvalue weighted by molar-refractivity contribution is 5.89. The van der Waals surface area contributed by atoms with Gasteiger partial charge in [-0.15, -0.1) is 0 Å². The van der Waals surface area contributed by atoms with Gasteiger partial charge >= 0.3 is 5.97 Å². The molecule has 4 heteroatoms. The molecule has 0 aromatic rings. The highest BCUT2D eigenvalue weighted by Crippen LogP contribution is 2.02. The number of carbonyl (C=O) groups is 1. The normalized spacial score (nSPS) is 19.3. The van der Waals surface area contributed by atoms with Crippen molar-refractivity contribution in [1.29, 1.82) is 0 Å². The van der Waals surface area contributed by atoms with Crippen molar-refractivity contribution < 1.29 is 19.4 Å². The quantitative estimate of drug-likeness (QED) is 0.719. The van der Waals surface area contributed by atoms with E-state index in [9.17, 15) is 4.79 Å². The fraction of sp³-hybridized carbons (Fsp3) is 0.545. The molecule has 84 valence electrons. The van der Waals surface area contributed by atoms with E-state index in [2.05, 4.69) is 0 Å². The van der Waals surface area contributed by atoms with Crippen molar-refractivity contribution in [2.45, 2.75) is 19.3 Å². The van der Waals surface area contributed by atoms with Crippen LogP contribution in [0.2, 0.25) is 0 Å². The first kappa shape index (κ1) is 11.8. The molecule has 2 aliphatic heterocycles. The summed E-state index contributed by atoms with van der Waals surface area (Å²) < 4.78 is 9.80. The van der Waals surface area contributed by atoms with Crippen LogP contribution in [0.1, 0.15) is 19.3 Å². The number of rotatable bonds is 1. The molecule has 0 aromatic heterocycles. The molecule has 1 N–H and O–H groups in total. The third kappa shape index (κ3) is 5.22. The third-order valence-corrected chi connectivity index (χ3v) is 2.07. The second kappa shape index (κ2) is 7.06. The molecule has 1 fully saturated rings. The van der Waals surface area contributed by atoms with Crippen LogP contribution in [0, 0.1) is 0 Å². The van der Waals surface area contributed by atoms with Gasteiger partial charge in [0.25, 0.3) is 0 Å². The van der Waals surface area contributed by atoms with E-state index in [0.717, 1.165) is 13.2 Å². The van der Waals surface area contributed by atoms with Crippen molar-refractivity contribution in [2.75, 3.05) is 19.8 Å². The first-order chi connectivity index (χ1) is 7.30. The summed E-state index contributed by atoms with van der Waals surface area (Å²) in [6, 6.07) is 0. The predicted octanol–water partition coefficient (Wildman–Crippen LogP) is 1.73. The Kier molecular flexibility index (Phi) is 5.55. The third-order valence-electron chi connectivity index (χ3n) is 2.07. The SMILES string of the molecule is C1CCOCC1.O=C(O)C1=CCOC=C1. The number of ether oxygens (including phenoxy) is 2. The van der Waals surface area contributed by atoms with Gasteiger partial charge < -0.3 is 14.6 Å². The summed E-state index contributed by atoms with van der Waals surface area (Å²) in [5.74, 6) is -0.908. The van der Waals surface area contributed by atoms with Gasteiger partial charge in [0.2, 0.25) is 0 Å². The molecule has 0 amide bonds. The van der Waals surface area contributed by atoms with E-state index in [0.29, 0.717) is 12.2 Å². The Hall–Kier alpha value is -1.29. The van der Waals surface area contributed by atoms with E-state index in [-0.39, 0.29) is 0 Å². The van der Waals surface area contributed by atoms with Gasteiger partial charge in [-0.2, -0.15) is 0 Å². The van der Waals surface area contributed by atoms with Crippen molar-refractivity contribution in [2.24, 2.45) is 0 Å². The van der Waals surface area contributed by atoms with Crippen LogP contribution in [-0.4, -0.2) is 30.9 Å². The molecular formula is C11H16O4. The molecule has 0 bridgehead atoms. The molecule has 2 rings (SSSR count). The lowest BCUT2D eigenvalue weighted by molar-refractivity contribution is -0.132. The minimum atomic E-state index is -0.908. The Morgan fingerprint density at radius 3 is 2.27 bits per heavy atom. The molecular weight excluding hydrogens is 196 g/mol. The van der Waals surface area contributed by atoms with E-state index in [1.54, 1.807) is 0 Å². The molecule has 0 unspecified atom stereocenters. The molecule has 0 atom stereocenters. The lowest BCUT2D eigenvalue weighted by Crippen LogP contribution is -2.03. The summed E-state index contributed by atoms with van der Waals surface area (Å²) in [6.45, 7) is 2.36. The second-order valence-corrected chi connectivity index (χ2v) is 3.27. The number of hydrogen-bond acceptors (Lipinski definition) is 3. The lowest BCUT2D eigenvalue weighted by atomic mass is 10.2. The van der Waals surface area contributed by atoms with E-state index in [1.165, 1.54) is 37.7 Å². The van der Waals surface area contributed by atoms with Crippen LogP contribution in [0.4, 0.5) is 0 Å². The summed E-state index contributed by atoms with van der Waals surface area (Å²) in [5.41, 5.74) is 0.293. The minimum absolute atomic E-state index is 0.293. The minimum Gasteiger partial charge on any atom is -0.497 e. The van der Waals surface area contributed by atoms with Crippen LogP contribution < -0.4 is 0 Å². The second-order valence-electron chi connectivity index (χ2n) is 3.27. The van der Waals surface area contributed by atoms with Gasteiger partial charge in [0.15, 0.2) is 0 Å². The van der Waals surface area contributed by atoms with Gasteiger partial charge in [-0.1, -0.05) is 0 Å². The monoisotopic (exact) mass is 212 g/mol. The smallest absolute Gasteiger partial charge is 0.335 e. The Morgan fingerprint density at radius 1 is 1.27 bits per heavy atom. The van der Waals surface area contributed by atoms with E-state index in [1.807, 2.05) is 0 Å². The fourth-order valence-corrected chi connectivity index (χ4v) is 1.23. The van der Waals surface area contributed by atoms with E-state index >= 15 is 0 Å². The summed E-state index contributed by atoms with van der Waals surface area (Å²) in [6.07, 6.45) is 8.25. The van der Waals surface area contributed by atoms with Gasteiger partial charge in [0, 0.05) is 13.2 Å². The maximum Gasteiger partial charge on any atom is 0.335 e. The number of aliphatic carboxylic acids is 1. The summed E-state index contributed by atoms with van der Waals surface area (Å²) in [4.78, 5) is 10.2. The Morgan fingerprint density at radius 2 is 2.00 bits per heavy atom. The molecule has 2 heterocycles. The van der Waals surface area contributed by atoms with Gasteiger partial charge in [-0.25, -0.2) is 4.79 Å². The van der Waals surface area contributed by atoms with Crippen molar-refractivity contribution in [3.63, 3.8) is 0 Å². The first-order valence-electron chi connectivity index (χ1n) is 5.10. The Balaban J connectivity index is 0.000000162. The predicted molar refractivity (Wildman–Crippen MR) is 55.5 cm³/mol. The largest absolute Gasteiger partial charge is 0.497 e. The van der Waals surface area contributed by atoms with Gasteiger partial charge in [-0.3, -0.25) is 0 Å². The van der Waals surface area contributed by atoms with Crippen molar-refractivity contribution in [3.8, 4) is 0 Å². The molecule has 0 aromatic carbocycles. The zero-order chi connectivity index (χ0) is 10.9. The zero-order valence-corrected chi connectivity index (χ0v) is 8.65. The van der Waals surface area contributed by atoms with Gasteiger partial charge in [-0.05, 0) is 31.4 Å². The Bertz CT molecular complexity index is 240. The van der Waals surface area contributed by atoms with Crippen molar-refractivity contribution in [1.82, 2.24) is 0 Å². The molecule has 0 radical (unpaired) electrons. The van der Waals surface area contributed by atoms with Gasteiger partial charge in [0.1, 0.15) is 6.61 Å². The number of hydrogen-bond donors (Lipinski definition) is 1. The summed E-state index contributed by atoms with van der Waals surface area (Å²) >= 11 is 0. The van der Waals surface area contributed by atoms with Crippen LogP contribution >= 0.6 is 0 Å². The van der Waals surface area contributed by atoms with Crippen LogP contribution in [0.15, 0.2) is 24.0 Å². The average Bonchev–Trinajstić information content (AvgIpc) is 2.33. The molecule has 15 heavy (non-hydrogen) atoms. The lowest BCUT2D eigenvalue weighted by Gasteiger charge is -2.08. The summed E-state index contributed by atoms with van der Waals surface area (Å²) in [7, 11) is 0. The van der Waals surface area contributed by atoms with Crippen molar-refractivity contribution in [3.05, 3.63) is 24.0 Å². The molecule has 0 aliphatic carbocycles. The van der Waals surface area contributed by atoms with Crippen molar-refractivity contribution >= 4 is 5.97 Å². The van der Waals surface area contributed by atoms with Crippen LogP contribution in [0.5, 0.6) is 0 Å². The van der Waals surface area contributed by atoms with E-state index < -0.39 is 5.97 Å². The first-order valence-corrected chi connectivity index (χ1v) is 5.10. The van der Waals surface area contributed by atoms with Crippen LogP contribution in [0.3, 0.4) is 0 Å². The summed E-state index contributed by atoms with van der Waals surface area (Å²) in [5, 5.41) is 8.36. The Labute approximate surface area is 89.2 Å².